The largest absolute Gasteiger partial charge is 0.313 e. The summed E-state index contributed by atoms with van der Waals surface area (Å²) in [6.45, 7) is 0. The average molecular weight is 267 g/mol. The van der Waals surface area contributed by atoms with E-state index in [1.54, 1.807) is 10.7 Å². The molecule has 6 nitrogen and oxygen atoms in total. The van der Waals surface area contributed by atoms with Crippen LogP contribution in [0.5, 0.6) is 0 Å². The number of carbonyl (C=O) groups is 1. The molecule has 0 amide bonds. The van der Waals surface area contributed by atoms with Gasteiger partial charge in [0.15, 0.2) is 5.65 Å². The maximum Gasteiger partial charge on any atom is 0.234 e. The Kier molecular flexibility index (Phi) is 3.12. The summed E-state index contributed by atoms with van der Waals surface area (Å²) in [5.41, 5.74) is 2.45. The van der Waals surface area contributed by atoms with Crippen molar-refractivity contribution in [1.82, 2.24) is 19.6 Å². The van der Waals surface area contributed by atoms with Gasteiger partial charge in [-0.2, -0.15) is 9.61 Å². The number of rotatable bonds is 4. The molecule has 0 aliphatic carbocycles. The van der Waals surface area contributed by atoms with Crippen LogP contribution in [0.2, 0.25) is 0 Å². The molecule has 0 spiro atoms. The normalized spacial score (nSPS) is 10.7. The average Bonchev–Trinajstić information content (AvgIpc) is 2.91. The van der Waals surface area contributed by atoms with Gasteiger partial charge in [-0.3, -0.25) is 0 Å². The van der Waals surface area contributed by atoms with Gasteiger partial charge in [-0.1, -0.05) is 18.2 Å². The van der Waals surface area contributed by atoms with E-state index in [0.717, 1.165) is 17.5 Å². The molecule has 0 N–H and O–H groups in total. The lowest BCUT2D eigenvalue weighted by Crippen LogP contribution is -2.16. The van der Waals surface area contributed by atoms with Gasteiger partial charge in [0.1, 0.15) is 12.6 Å². The zero-order valence-corrected chi connectivity index (χ0v) is 11.0. The van der Waals surface area contributed by atoms with E-state index in [-0.39, 0.29) is 0 Å². The zero-order chi connectivity index (χ0) is 13.9. The number of carbonyl (C=O) groups excluding carboxylic acids is 1. The van der Waals surface area contributed by atoms with E-state index >= 15 is 0 Å². The van der Waals surface area contributed by atoms with E-state index in [9.17, 15) is 4.79 Å². The van der Waals surface area contributed by atoms with Crippen molar-refractivity contribution in [3.8, 4) is 0 Å². The first kappa shape index (κ1) is 12.3. The minimum absolute atomic E-state index is 0.301. The third kappa shape index (κ3) is 2.01. The Balaban J connectivity index is 2.10. The number of benzene rings is 1. The van der Waals surface area contributed by atoms with E-state index in [1.165, 1.54) is 6.33 Å². The molecule has 3 rings (SSSR count). The second-order valence-corrected chi connectivity index (χ2v) is 4.34. The van der Waals surface area contributed by atoms with Gasteiger partial charge in [0.05, 0.1) is 6.20 Å². The molecule has 2 heterocycles. The van der Waals surface area contributed by atoms with Crippen molar-refractivity contribution in [2.24, 2.45) is 0 Å². The quantitative estimate of drug-likeness (QED) is 0.672. The summed E-state index contributed by atoms with van der Waals surface area (Å²) in [5, 5.41) is 4.27. The fourth-order valence-corrected chi connectivity index (χ4v) is 2.08. The molecule has 0 saturated carbocycles. The summed E-state index contributed by atoms with van der Waals surface area (Å²) < 4.78 is 1.64. The van der Waals surface area contributed by atoms with E-state index in [0.29, 0.717) is 18.0 Å². The predicted octanol–water partition coefficient (Wildman–Crippen LogP) is 1.63. The Morgan fingerprint density at radius 1 is 1.25 bits per heavy atom. The summed E-state index contributed by atoms with van der Waals surface area (Å²) in [7, 11) is 1.91. The van der Waals surface area contributed by atoms with Crippen molar-refractivity contribution in [2.45, 2.75) is 6.42 Å². The molecule has 2 aromatic heterocycles. The molecule has 20 heavy (non-hydrogen) atoms. The van der Waals surface area contributed by atoms with Gasteiger partial charge < -0.3 is 9.69 Å². The van der Waals surface area contributed by atoms with E-state index < -0.39 is 0 Å². The highest BCUT2D eigenvalue weighted by Gasteiger charge is 2.13. The molecule has 0 aliphatic rings. The predicted molar refractivity (Wildman–Crippen MR) is 75.1 cm³/mol. The molecule has 0 unspecified atom stereocenters. The van der Waals surface area contributed by atoms with E-state index in [1.807, 2.05) is 42.3 Å². The molecular formula is C14H13N5O. The van der Waals surface area contributed by atoms with Crippen molar-refractivity contribution < 1.29 is 4.79 Å². The van der Waals surface area contributed by atoms with Crippen LogP contribution in [-0.2, 0) is 11.2 Å². The van der Waals surface area contributed by atoms with Crippen molar-refractivity contribution in [1.29, 1.82) is 0 Å². The highest BCUT2D eigenvalue weighted by Crippen LogP contribution is 2.21. The molecular weight excluding hydrogens is 254 g/mol. The number of fused-ring (bicyclic) bond motifs is 1. The lowest BCUT2D eigenvalue weighted by atomic mass is 10.3. The van der Waals surface area contributed by atoms with Gasteiger partial charge in [-0.15, -0.1) is 0 Å². The standard InChI is InChI=1S/C14H13N5O/c1-18(12-5-3-2-4-6-12)14-16-10-15-13-11(7-8-20)9-17-19(13)14/h2-6,8-10H,7H2,1H3. The zero-order valence-electron chi connectivity index (χ0n) is 11.0. The lowest BCUT2D eigenvalue weighted by molar-refractivity contribution is -0.107. The maximum atomic E-state index is 10.7. The van der Waals surface area contributed by atoms with Crippen LogP contribution in [0, 0.1) is 0 Å². The molecule has 1 aromatic carbocycles. The first-order valence-electron chi connectivity index (χ1n) is 6.21. The summed E-state index contributed by atoms with van der Waals surface area (Å²) in [6.07, 6.45) is 4.29. The third-order valence-corrected chi connectivity index (χ3v) is 3.11. The SMILES string of the molecule is CN(c1ccccc1)c1ncnc2c(CC=O)cnn12. The smallest absolute Gasteiger partial charge is 0.234 e. The van der Waals surface area contributed by atoms with Gasteiger partial charge in [-0.25, -0.2) is 9.97 Å². The van der Waals surface area contributed by atoms with Gasteiger partial charge in [-0.05, 0) is 12.1 Å². The Bertz CT molecular complexity index is 738. The van der Waals surface area contributed by atoms with Crippen molar-refractivity contribution >= 4 is 23.6 Å². The Morgan fingerprint density at radius 3 is 2.80 bits per heavy atom. The van der Waals surface area contributed by atoms with Gasteiger partial charge >= 0.3 is 0 Å². The minimum atomic E-state index is 0.301. The fraction of sp³-hybridized carbons (Fsp3) is 0.143. The van der Waals surface area contributed by atoms with Crippen molar-refractivity contribution in [3.05, 3.63) is 48.4 Å². The van der Waals surface area contributed by atoms with Crippen molar-refractivity contribution in [3.63, 3.8) is 0 Å². The van der Waals surface area contributed by atoms with E-state index in [2.05, 4.69) is 15.1 Å². The molecule has 6 heteroatoms. The van der Waals surface area contributed by atoms with Crippen LogP contribution in [0.25, 0.3) is 5.65 Å². The number of nitrogens with zero attached hydrogens (tertiary/aromatic N) is 5. The van der Waals surface area contributed by atoms with Crippen LogP contribution in [-0.4, -0.2) is 32.9 Å². The van der Waals surface area contributed by atoms with E-state index in [4.69, 9.17) is 0 Å². The molecule has 0 bridgehead atoms. The second-order valence-electron chi connectivity index (χ2n) is 4.34. The topological polar surface area (TPSA) is 63.4 Å². The molecule has 0 saturated heterocycles. The number of para-hydroxylation sites is 1. The second kappa shape index (κ2) is 5.08. The molecule has 3 aromatic rings. The lowest BCUT2D eigenvalue weighted by Gasteiger charge is -2.18. The van der Waals surface area contributed by atoms with Crippen LogP contribution in [0.1, 0.15) is 5.56 Å². The molecule has 0 fully saturated rings. The molecule has 0 aliphatic heterocycles. The molecule has 0 atom stereocenters. The molecule has 100 valence electrons. The number of hydrogen-bond acceptors (Lipinski definition) is 5. The summed E-state index contributed by atoms with van der Waals surface area (Å²) in [6, 6.07) is 9.87. The Labute approximate surface area is 115 Å². The van der Waals surface area contributed by atoms with Crippen molar-refractivity contribution in [2.75, 3.05) is 11.9 Å². The number of anilines is 2. The Morgan fingerprint density at radius 2 is 2.05 bits per heavy atom. The Hall–Kier alpha value is -2.76. The number of aromatic nitrogens is 4. The number of aldehydes is 1. The fourth-order valence-electron chi connectivity index (χ4n) is 2.08. The van der Waals surface area contributed by atoms with Gasteiger partial charge in [0.2, 0.25) is 5.95 Å². The van der Waals surface area contributed by atoms with Gasteiger partial charge in [0, 0.05) is 24.7 Å². The third-order valence-electron chi connectivity index (χ3n) is 3.11. The molecule has 0 radical (unpaired) electrons. The first-order valence-corrected chi connectivity index (χ1v) is 6.21. The summed E-state index contributed by atoms with van der Waals surface area (Å²) >= 11 is 0. The number of hydrogen-bond donors (Lipinski definition) is 0. The summed E-state index contributed by atoms with van der Waals surface area (Å²) in [5.74, 6) is 0.651. The highest BCUT2D eigenvalue weighted by molar-refractivity contribution is 5.64. The van der Waals surface area contributed by atoms with Crippen LogP contribution in [0.3, 0.4) is 0 Å². The minimum Gasteiger partial charge on any atom is -0.313 e. The van der Waals surface area contributed by atoms with Crippen LogP contribution < -0.4 is 4.90 Å². The van der Waals surface area contributed by atoms with Crippen LogP contribution in [0.15, 0.2) is 42.9 Å². The maximum absolute atomic E-state index is 10.7. The van der Waals surface area contributed by atoms with Gasteiger partial charge in [0.25, 0.3) is 0 Å². The monoisotopic (exact) mass is 267 g/mol. The highest BCUT2D eigenvalue weighted by atomic mass is 16.1. The van der Waals surface area contributed by atoms with Crippen LogP contribution in [0.4, 0.5) is 11.6 Å². The van der Waals surface area contributed by atoms with Crippen LogP contribution >= 0.6 is 0 Å². The summed E-state index contributed by atoms with van der Waals surface area (Å²) in [4.78, 5) is 21.1. The first-order chi connectivity index (χ1) is 9.81.